The number of hydrogen-bond donors (Lipinski definition) is 1. The summed E-state index contributed by atoms with van der Waals surface area (Å²) in [5, 5.41) is 16.1. The Kier molecular flexibility index (Phi) is 3.73. The second-order valence-corrected chi connectivity index (χ2v) is 3.58. The Morgan fingerprint density at radius 1 is 1.25 bits per heavy atom. The maximum Gasteiger partial charge on any atom is 0.206 e. The van der Waals surface area contributed by atoms with Crippen molar-refractivity contribution in [3.8, 4) is 6.19 Å². The molecule has 1 rings (SSSR count). The molecule has 0 fully saturated rings. The Bertz CT molecular complexity index is 466. The minimum atomic E-state index is 0.646. The van der Waals surface area contributed by atoms with E-state index >= 15 is 0 Å². The van der Waals surface area contributed by atoms with Crippen LogP contribution in [-0.4, -0.2) is 25.6 Å². The van der Waals surface area contributed by atoms with Crippen molar-refractivity contribution in [3.05, 3.63) is 5.36 Å². The predicted molar refractivity (Wildman–Crippen MR) is 63.2 cm³/mol. The van der Waals surface area contributed by atoms with E-state index in [4.69, 9.17) is 10.7 Å². The fourth-order valence-electron chi connectivity index (χ4n) is 2.07. The van der Waals surface area contributed by atoms with E-state index in [1.54, 1.807) is 6.19 Å². The topological polar surface area (TPSA) is 72.4 Å². The van der Waals surface area contributed by atoms with Crippen molar-refractivity contribution in [2.75, 3.05) is 19.6 Å². The minimum Gasteiger partial charge on any atom is -0.288 e. The van der Waals surface area contributed by atoms with E-state index in [0.717, 1.165) is 29.8 Å². The molecule has 0 radical (unpaired) electrons. The maximum atomic E-state index is 8.58. The first kappa shape index (κ1) is 12.3. The van der Waals surface area contributed by atoms with Crippen molar-refractivity contribution in [3.63, 3.8) is 0 Å². The molecule has 0 aliphatic rings. The van der Waals surface area contributed by atoms with E-state index in [1.807, 2.05) is 6.01 Å². The van der Waals surface area contributed by atoms with Gasteiger partial charge in [-0.05, 0) is 20.8 Å². The first-order chi connectivity index (χ1) is 7.70. The van der Waals surface area contributed by atoms with Crippen LogP contribution in [0.15, 0.2) is 9.98 Å². The summed E-state index contributed by atoms with van der Waals surface area (Å²) in [5.41, 5.74) is 1.66. The second-order valence-electron chi connectivity index (χ2n) is 3.58. The molecule has 1 aromatic carbocycles. The summed E-state index contributed by atoms with van der Waals surface area (Å²) < 4.78 is 0.765. The van der Waals surface area contributed by atoms with Gasteiger partial charge in [-0.15, -0.1) is 0 Å². The number of nitrogens with zero attached hydrogens (tertiary/aromatic N) is 4. The van der Waals surface area contributed by atoms with E-state index in [9.17, 15) is 0 Å². The van der Waals surface area contributed by atoms with Gasteiger partial charge in [0.2, 0.25) is 6.19 Å². The fraction of sp³-hybridized carbons (Fsp3) is 0.545. The molecule has 0 unspecified atom stereocenters. The molecule has 5 heteroatoms. The highest BCUT2D eigenvalue weighted by Gasteiger charge is 2.39. The third-order valence-electron chi connectivity index (χ3n) is 3.23. The molecule has 0 bridgehead atoms. The smallest absolute Gasteiger partial charge is 0.206 e. The van der Waals surface area contributed by atoms with Crippen LogP contribution in [0.1, 0.15) is 20.8 Å². The summed E-state index contributed by atoms with van der Waals surface area (Å²) in [6.07, 6.45) is 1.78. The van der Waals surface area contributed by atoms with Crippen LogP contribution in [-0.2, 0) is 0 Å². The average Bonchev–Trinajstić information content (AvgIpc) is 2.97. The van der Waals surface area contributed by atoms with E-state index in [2.05, 4.69) is 30.8 Å². The van der Waals surface area contributed by atoms with Gasteiger partial charge in [0.25, 0.3) is 0 Å². The number of hydrogen-bond acceptors (Lipinski definition) is 4. The summed E-state index contributed by atoms with van der Waals surface area (Å²) in [6.45, 7) is 9.12. The van der Waals surface area contributed by atoms with Crippen LogP contribution in [0.25, 0.3) is 0 Å². The lowest BCUT2D eigenvalue weighted by atomic mass is 10.3. The molecule has 0 saturated heterocycles. The van der Waals surface area contributed by atoms with E-state index < -0.39 is 0 Å². The van der Waals surface area contributed by atoms with Crippen molar-refractivity contribution in [1.82, 2.24) is 4.48 Å². The van der Waals surface area contributed by atoms with Gasteiger partial charge in [0, 0.05) is 0 Å². The third kappa shape index (κ3) is 1.81. The highest BCUT2D eigenvalue weighted by Crippen LogP contribution is 2.36. The highest BCUT2D eigenvalue weighted by atomic mass is 15.4. The molecule has 0 atom stereocenters. The first-order valence-electron chi connectivity index (χ1n) is 5.41. The molecule has 0 aliphatic carbocycles. The normalized spacial score (nSPS) is 12.5. The van der Waals surface area contributed by atoms with E-state index in [1.165, 1.54) is 0 Å². The lowest BCUT2D eigenvalue weighted by Gasteiger charge is -2.31. The van der Waals surface area contributed by atoms with Gasteiger partial charge in [0.15, 0.2) is 16.7 Å². The van der Waals surface area contributed by atoms with E-state index in [-0.39, 0.29) is 0 Å². The number of quaternary nitrogens is 1. The molecule has 0 aromatic heterocycles. The number of rotatable bonds is 5. The average molecular weight is 218 g/mol. The first-order valence-corrected chi connectivity index (χ1v) is 5.41. The molecule has 0 heterocycles. The lowest BCUT2D eigenvalue weighted by Crippen LogP contribution is -2.48. The maximum absolute atomic E-state index is 8.58. The van der Waals surface area contributed by atoms with Crippen molar-refractivity contribution in [1.29, 1.82) is 10.7 Å². The Hall–Kier alpha value is -1.76. The Morgan fingerprint density at radius 3 is 2.19 bits per heavy atom. The summed E-state index contributed by atoms with van der Waals surface area (Å²) in [6, 6.07) is 2.01. The number of nitrogens with one attached hydrogen (secondary N) is 1. The van der Waals surface area contributed by atoms with Crippen LogP contribution in [0.2, 0.25) is 0 Å². The van der Waals surface area contributed by atoms with Gasteiger partial charge >= 0.3 is 0 Å². The monoisotopic (exact) mass is 218 g/mol. The number of aliphatic imine (C=N–C) groups is 1. The molecule has 5 nitrogen and oxygen atoms in total. The Labute approximate surface area is 95.2 Å². The van der Waals surface area contributed by atoms with Gasteiger partial charge in [-0.3, -0.25) is 4.48 Å². The molecular weight excluding hydrogens is 202 g/mol. The SMILES string of the molecule is CC[N+](CC)(CC)c1c(N=C=N)c1=NC#N. The Morgan fingerprint density at radius 2 is 1.81 bits per heavy atom. The molecule has 1 N–H and O–H groups in total. The van der Waals surface area contributed by atoms with Crippen LogP contribution in [0.4, 0.5) is 11.4 Å². The predicted octanol–water partition coefficient (Wildman–Crippen LogP) is 1.70. The molecule has 0 amide bonds. The van der Waals surface area contributed by atoms with Crippen LogP contribution < -0.4 is 9.84 Å². The van der Waals surface area contributed by atoms with Crippen LogP contribution in [0.3, 0.4) is 0 Å². The summed E-state index contributed by atoms with van der Waals surface area (Å²) in [5.74, 6) is 0. The zero-order valence-corrected chi connectivity index (χ0v) is 9.91. The standard InChI is InChI=1S/C11H16N5/c1-4-16(5-2,6-3)11-9(14-7-12)10(11)15-8-13/h12H,4-6H2,1-3H3/q+1. The Balaban J connectivity index is 3.27. The van der Waals surface area contributed by atoms with Gasteiger partial charge in [0.05, 0.1) is 25.6 Å². The van der Waals surface area contributed by atoms with Crippen LogP contribution >= 0.6 is 0 Å². The molecule has 84 valence electrons. The van der Waals surface area contributed by atoms with Gasteiger partial charge in [-0.2, -0.15) is 15.2 Å². The largest absolute Gasteiger partial charge is 0.288 e. The van der Waals surface area contributed by atoms with Gasteiger partial charge in [-0.25, -0.2) is 5.41 Å². The van der Waals surface area contributed by atoms with Crippen molar-refractivity contribution < 1.29 is 0 Å². The second kappa shape index (κ2) is 4.84. The van der Waals surface area contributed by atoms with Crippen molar-refractivity contribution >= 4 is 17.4 Å². The third-order valence-corrected chi connectivity index (χ3v) is 3.23. The summed E-state index contributed by atoms with van der Waals surface area (Å²) >= 11 is 0. The molecule has 1 aromatic rings. The minimum absolute atomic E-state index is 0.646. The highest BCUT2D eigenvalue weighted by molar-refractivity contribution is 5.81. The quantitative estimate of drug-likeness (QED) is 0.456. The molecule has 0 aliphatic heterocycles. The molecular formula is C11H16N5+. The fourth-order valence-corrected chi connectivity index (χ4v) is 2.07. The van der Waals surface area contributed by atoms with Crippen LogP contribution in [0.5, 0.6) is 0 Å². The molecule has 16 heavy (non-hydrogen) atoms. The lowest BCUT2D eigenvalue weighted by molar-refractivity contribution is 0.321. The van der Waals surface area contributed by atoms with Gasteiger partial charge in [-0.1, -0.05) is 0 Å². The van der Waals surface area contributed by atoms with Crippen LogP contribution in [0, 0.1) is 16.9 Å². The summed E-state index contributed by atoms with van der Waals surface area (Å²) in [7, 11) is 0. The van der Waals surface area contributed by atoms with Crippen molar-refractivity contribution in [2.45, 2.75) is 20.8 Å². The zero-order valence-electron chi connectivity index (χ0n) is 9.91. The van der Waals surface area contributed by atoms with Gasteiger partial charge < -0.3 is 0 Å². The van der Waals surface area contributed by atoms with Gasteiger partial charge in [0.1, 0.15) is 0 Å². The van der Waals surface area contributed by atoms with Crippen molar-refractivity contribution in [2.24, 2.45) is 9.98 Å². The van der Waals surface area contributed by atoms with E-state index in [0.29, 0.717) is 11.0 Å². The number of nitriles is 1. The zero-order chi connectivity index (χ0) is 12.2. The molecule has 0 saturated carbocycles. The summed E-state index contributed by atoms with van der Waals surface area (Å²) in [4.78, 5) is 7.57. The molecule has 0 spiro atoms.